The van der Waals surface area contributed by atoms with Gasteiger partial charge in [0.05, 0.1) is 7.11 Å². The number of nitrogen functional groups attached to an aromatic ring is 1. The lowest BCUT2D eigenvalue weighted by Crippen LogP contribution is -2.41. The van der Waals surface area contributed by atoms with Crippen LogP contribution in [-0.2, 0) is 9.53 Å². The number of nitrogens with one attached hydrogen (secondary N) is 1. The molecule has 5 nitrogen and oxygen atoms in total. The number of methoxy groups -OCH3 is 1. The fourth-order valence-corrected chi connectivity index (χ4v) is 1.56. The molecule has 0 aliphatic rings. The van der Waals surface area contributed by atoms with Gasteiger partial charge in [-0.25, -0.2) is 4.79 Å². The first-order valence-electron chi connectivity index (χ1n) is 5.82. The summed E-state index contributed by atoms with van der Waals surface area (Å²) in [6, 6.07) is 5.91. The number of ether oxygens (including phenoxy) is 1. The normalized spacial score (nSPS) is 11.7. The fourth-order valence-electron chi connectivity index (χ4n) is 1.56. The van der Waals surface area contributed by atoms with Crippen molar-refractivity contribution >= 4 is 17.6 Å². The number of hydrogen-bond acceptors (Lipinski definition) is 4. The van der Waals surface area contributed by atoms with Gasteiger partial charge in [-0.3, -0.25) is 4.79 Å². The Labute approximate surface area is 106 Å². The van der Waals surface area contributed by atoms with Gasteiger partial charge in [-0.2, -0.15) is 0 Å². The summed E-state index contributed by atoms with van der Waals surface area (Å²) in [5, 5.41) is 2.65. The van der Waals surface area contributed by atoms with E-state index < -0.39 is 12.0 Å². The zero-order valence-corrected chi connectivity index (χ0v) is 10.6. The monoisotopic (exact) mass is 250 g/mol. The summed E-state index contributed by atoms with van der Waals surface area (Å²) in [5.41, 5.74) is 6.59. The predicted molar refractivity (Wildman–Crippen MR) is 69.0 cm³/mol. The van der Waals surface area contributed by atoms with E-state index in [1.807, 2.05) is 6.92 Å². The van der Waals surface area contributed by atoms with Gasteiger partial charge < -0.3 is 15.8 Å². The molecule has 0 aromatic heterocycles. The van der Waals surface area contributed by atoms with Crippen molar-refractivity contribution < 1.29 is 14.3 Å². The van der Waals surface area contributed by atoms with E-state index in [0.717, 1.165) is 6.42 Å². The van der Waals surface area contributed by atoms with Crippen LogP contribution in [0.25, 0.3) is 0 Å². The molecule has 0 saturated heterocycles. The minimum absolute atomic E-state index is 0.307. The highest BCUT2D eigenvalue weighted by molar-refractivity contribution is 5.97. The largest absolute Gasteiger partial charge is 0.467 e. The molecular formula is C13H18N2O3. The topological polar surface area (TPSA) is 81.4 Å². The van der Waals surface area contributed by atoms with Crippen LogP contribution in [0.2, 0.25) is 0 Å². The number of anilines is 1. The number of carbonyl (C=O) groups is 2. The van der Waals surface area contributed by atoms with Gasteiger partial charge in [0.15, 0.2) is 0 Å². The van der Waals surface area contributed by atoms with E-state index in [9.17, 15) is 9.59 Å². The van der Waals surface area contributed by atoms with Crippen molar-refractivity contribution in [2.24, 2.45) is 0 Å². The maximum atomic E-state index is 11.9. The molecule has 3 N–H and O–H groups in total. The molecule has 1 rings (SSSR count). The van der Waals surface area contributed by atoms with E-state index in [0.29, 0.717) is 17.7 Å². The molecule has 1 atom stereocenters. The number of esters is 1. The molecule has 0 aliphatic heterocycles. The van der Waals surface area contributed by atoms with Gasteiger partial charge >= 0.3 is 5.97 Å². The summed E-state index contributed by atoms with van der Waals surface area (Å²) >= 11 is 0. The molecule has 1 amide bonds. The molecule has 0 heterocycles. The van der Waals surface area contributed by atoms with Gasteiger partial charge in [0, 0.05) is 11.3 Å². The molecule has 98 valence electrons. The second kappa shape index (κ2) is 6.64. The molecular weight excluding hydrogens is 232 g/mol. The molecule has 0 fully saturated rings. The highest BCUT2D eigenvalue weighted by atomic mass is 16.5. The number of carbonyl (C=O) groups excluding carboxylic acids is 2. The Hall–Kier alpha value is -2.04. The van der Waals surface area contributed by atoms with Gasteiger partial charge in [0.1, 0.15) is 6.04 Å². The molecule has 5 heteroatoms. The van der Waals surface area contributed by atoms with E-state index in [4.69, 9.17) is 5.73 Å². The van der Waals surface area contributed by atoms with Crippen molar-refractivity contribution in [2.75, 3.05) is 12.8 Å². The maximum absolute atomic E-state index is 11.9. The third-order valence-corrected chi connectivity index (χ3v) is 2.54. The van der Waals surface area contributed by atoms with Gasteiger partial charge in [-0.1, -0.05) is 13.3 Å². The summed E-state index contributed by atoms with van der Waals surface area (Å²) in [4.78, 5) is 23.4. The zero-order valence-electron chi connectivity index (χ0n) is 10.6. The minimum atomic E-state index is -0.606. The lowest BCUT2D eigenvalue weighted by Gasteiger charge is -2.15. The minimum Gasteiger partial charge on any atom is -0.467 e. The molecule has 1 aromatic carbocycles. The van der Waals surface area contributed by atoms with E-state index in [1.165, 1.54) is 7.11 Å². The third kappa shape index (κ3) is 3.76. The average molecular weight is 250 g/mol. The van der Waals surface area contributed by atoms with Crippen LogP contribution in [0.5, 0.6) is 0 Å². The van der Waals surface area contributed by atoms with Crippen LogP contribution in [-0.4, -0.2) is 25.0 Å². The van der Waals surface area contributed by atoms with Crippen LogP contribution in [0.1, 0.15) is 30.1 Å². The molecule has 0 spiro atoms. The number of benzene rings is 1. The molecule has 0 radical (unpaired) electrons. The molecule has 0 bridgehead atoms. The first-order valence-corrected chi connectivity index (χ1v) is 5.82. The van der Waals surface area contributed by atoms with E-state index in [2.05, 4.69) is 10.1 Å². The maximum Gasteiger partial charge on any atom is 0.328 e. The lowest BCUT2D eigenvalue weighted by molar-refractivity contribution is -0.143. The molecule has 0 unspecified atom stereocenters. The highest BCUT2D eigenvalue weighted by Gasteiger charge is 2.20. The van der Waals surface area contributed by atoms with E-state index in [-0.39, 0.29) is 5.91 Å². The Morgan fingerprint density at radius 3 is 2.44 bits per heavy atom. The second-order valence-electron chi connectivity index (χ2n) is 3.96. The molecule has 0 saturated carbocycles. The van der Waals surface area contributed by atoms with Crippen molar-refractivity contribution in [1.82, 2.24) is 5.32 Å². The number of amides is 1. The van der Waals surface area contributed by atoms with Gasteiger partial charge in [0.2, 0.25) is 0 Å². The average Bonchev–Trinajstić information content (AvgIpc) is 2.38. The highest BCUT2D eigenvalue weighted by Crippen LogP contribution is 2.07. The Kier molecular flexibility index (Phi) is 5.17. The van der Waals surface area contributed by atoms with Crippen molar-refractivity contribution in [1.29, 1.82) is 0 Å². The first kappa shape index (κ1) is 14.0. The van der Waals surface area contributed by atoms with Crippen molar-refractivity contribution in [3.05, 3.63) is 29.8 Å². The van der Waals surface area contributed by atoms with Gasteiger partial charge in [-0.05, 0) is 30.7 Å². The van der Waals surface area contributed by atoms with Crippen LogP contribution in [0.3, 0.4) is 0 Å². The SMILES string of the molecule is CCC[C@H](NC(=O)c1ccc(N)cc1)C(=O)OC. The summed E-state index contributed by atoms with van der Waals surface area (Å²) < 4.78 is 4.65. The smallest absolute Gasteiger partial charge is 0.328 e. The van der Waals surface area contributed by atoms with E-state index in [1.54, 1.807) is 24.3 Å². The molecule has 1 aromatic rings. The number of rotatable bonds is 5. The fraction of sp³-hybridized carbons (Fsp3) is 0.385. The number of nitrogens with two attached hydrogens (primary N) is 1. The van der Waals surface area contributed by atoms with Crippen LogP contribution < -0.4 is 11.1 Å². The second-order valence-corrected chi connectivity index (χ2v) is 3.96. The van der Waals surface area contributed by atoms with Crippen molar-refractivity contribution in [2.45, 2.75) is 25.8 Å². The zero-order chi connectivity index (χ0) is 13.5. The quantitative estimate of drug-likeness (QED) is 0.610. The standard InChI is InChI=1S/C13H18N2O3/c1-3-4-11(13(17)18-2)15-12(16)9-5-7-10(14)8-6-9/h5-8,11H,3-4,14H2,1-2H3,(H,15,16)/t11-/m0/s1. The predicted octanol–water partition coefficient (Wildman–Crippen LogP) is 1.34. The van der Waals surface area contributed by atoms with Crippen molar-refractivity contribution in [3.63, 3.8) is 0 Å². The number of hydrogen-bond donors (Lipinski definition) is 2. The summed E-state index contributed by atoms with van der Waals surface area (Å²) in [6.45, 7) is 1.94. The van der Waals surface area contributed by atoms with Crippen LogP contribution in [0, 0.1) is 0 Å². The molecule has 0 aliphatic carbocycles. The van der Waals surface area contributed by atoms with Crippen molar-refractivity contribution in [3.8, 4) is 0 Å². The van der Waals surface area contributed by atoms with Crippen LogP contribution in [0.15, 0.2) is 24.3 Å². The van der Waals surface area contributed by atoms with Crippen LogP contribution >= 0.6 is 0 Å². The third-order valence-electron chi connectivity index (χ3n) is 2.54. The molecule has 18 heavy (non-hydrogen) atoms. The lowest BCUT2D eigenvalue weighted by atomic mass is 10.1. The Balaban J connectivity index is 2.71. The van der Waals surface area contributed by atoms with Gasteiger partial charge in [-0.15, -0.1) is 0 Å². The van der Waals surface area contributed by atoms with Gasteiger partial charge in [0.25, 0.3) is 5.91 Å². The first-order chi connectivity index (χ1) is 8.58. The Bertz CT molecular complexity index is 415. The van der Waals surface area contributed by atoms with Crippen LogP contribution in [0.4, 0.5) is 5.69 Å². The summed E-state index contributed by atoms with van der Waals surface area (Å²) in [7, 11) is 1.31. The summed E-state index contributed by atoms with van der Waals surface area (Å²) in [6.07, 6.45) is 1.33. The van der Waals surface area contributed by atoms with E-state index >= 15 is 0 Å². The summed E-state index contributed by atoms with van der Waals surface area (Å²) in [5.74, 6) is -0.737. The Morgan fingerprint density at radius 1 is 1.33 bits per heavy atom. The Morgan fingerprint density at radius 2 is 1.94 bits per heavy atom.